The fourth-order valence-electron chi connectivity index (χ4n) is 1.75. The molecule has 0 radical (unpaired) electrons. The summed E-state index contributed by atoms with van der Waals surface area (Å²) in [7, 11) is 0. The normalized spacial score (nSPS) is 14.5. The van der Waals surface area contributed by atoms with Gasteiger partial charge in [-0.3, -0.25) is 0 Å². The van der Waals surface area contributed by atoms with Crippen LogP contribution in [0, 0.1) is 0 Å². The molecule has 0 aliphatic carbocycles. The highest BCUT2D eigenvalue weighted by Crippen LogP contribution is 2.27. The number of benzene rings is 1. The molecular formula is C13H21NO3. The number of ether oxygens (including phenoxy) is 1. The molecule has 2 atom stereocenters. The van der Waals surface area contributed by atoms with Gasteiger partial charge in [0, 0.05) is 24.3 Å². The topological polar surface area (TPSA) is 61.7 Å². The summed E-state index contributed by atoms with van der Waals surface area (Å²) in [5.74, 6) is 0.343. The lowest BCUT2D eigenvalue weighted by Gasteiger charge is -2.21. The first-order valence-electron chi connectivity index (χ1n) is 5.90. The van der Waals surface area contributed by atoms with Gasteiger partial charge in [-0.2, -0.15) is 0 Å². The molecule has 1 rings (SSSR count). The van der Waals surface area contributed by atoms with Crippen LogP contribution in [0.1, 0.15) is 32.4 Å². The van der Waals surface area contributed by atoms with E-state index in [9.17, 15) is 10.2 Å². The van der Waals surface area contributed by atoms with Gasteiger partial charge in [0.15, 0.2) is 0 Å². The van der Waals surface area contributed by atoms with Crippen LogP contribution in [-0.2, 0) is 4.74 Å². The van der Waals surface area contributed by atoms with E-state index in [1.54, 1.807) is 6.07 Å². The number of aromatic hydroxyl groups is 2. The maximum absolute atomic E-state index is 9.71. The van der Waals surface area contributed by atoms with Gasteiger partial charge in [-0.1, -0.05) is 0 Å². The molecule has 96 valence electrons. The maximum Gasteiger partial charge on any atom is 0.120 e. The van der Waals surface area contributed by atoms with E-state index in [1.165, 1.54) is 12.1 Å². The Bertz CT molecular complexity index is 355. The SMILES string of the molecule is CCOCC(C)NC(C)c1cc(O)ccc1O. The average Bonchev–Trinajstić information content (AvgIpc) is 2.29. The van der Waals surface area contributed by atoms with Crippen LogP contribution in [0.15, 0.2) is 18.2 Å². The highest BCUT2D eigenvalue weighted by atomic mass is 16.5. The van der Waals surface area contributed by atoms with Crippen LogP contribution in [0.2, 0.25) is 0 Å². The predicted octanol–water partition coefficient (Wildman–Crippen LogP) is 2.17. The third kappa shape index (κ3) is 4.24. The summed E-state index contributed by atoms with van der Waals surface area (Å²) in [4.78, 5) is 0. The molecule has 0 aliphatic heterocycles. The summed E-state index contributed by atoms with van der Waals surface area (Å²) in [6.07, 6.45) is 0. The second-order valence-corrected chi connectivity index (χ2v) is 4.19. The minimum absolute atomic E-state index is 0.0439. The Hall–Kier alpha value is -1.26. The summed E-state index contributed by atoms with van der Waals surface area (Å²) >= 11 is 0. The van der Waals surface area contributed by atoms with Crippen LogP contribution in [-0.4, -0.2) is 29.5 Å². The third-order valence-corrected chi connectivity index (χ3v) is 2.58. The van der Waals surface area contributed by atoms with Gasteiger partial charge in [0.1, 0.15) is 11.5 Å². The molecular weight excluding hydrogens is 218 g/mol. The number of phenols is 2. The van der Waals surface area contributed by atoms with Crippen LogP contribution >= 0.6 is 0 Å². The van der Waals surface area contributed by atoms with Gasteiger partial charge >= 0.3 is 0 Å². The van der Waals surface area contributed by atoms with Gasteiger partial charge in [0.05, 0.1) is 6.61 Å². The van der Waals surface area contributed by atoms with Crippen LogP contribution in [0.25, 0.3) is 0 Å². The van der Waals surface area contributed by atoms with Gasteiger partial charge < -0.3 is 20.3 Å². The van der Waals surface area contributed by atoms with Crippen molar-refractivity contribution in [2.45, 2.75) is 32.9 Å². The first-order valence-corrected chi connectivity index (χ1v) is 5.90. The van der Waals surface area contributed by atoms with E-state index in [0.717, 1.165) is 0 Å². The Balaban J connectivity index is 2.62. The molecule has 0 aromatic heterocycles. The van der Waals surface area contributed by atoms with Crippen molar-refractivity contribution < 1.29 is 14.9 Å². The van der Waals surface area contributed by atoms with Crippen LogP contribution in [0.3, 0.4) is 0 Å². The molecule has 0 heterocycles. The molecule has 0 amide bonds. The summed E-state index contributed by atoms with van der Waals surface area (Å²) in [5.41, 5.74) is 0.688. The molecule has 0 spiro atoms. The van der Waals surface area contributed by atoms with Crippen molar-refractivity contribution >= 4 is 0 Å². The monoisotopic (exact) mass is 239 g/mol. The standard InChI is InChI=1S/C13H21NO3/c1-4-17-8-9(2)14-10(3)12-7-11(15)5-6-13(12)16/h5-7,9-10,14-16H,4,8H2,1-3H3. The maximum atomic E-state index is 9.71. The number of hydrogen-bond acceptors (Lipinski definition) is 4. The van der Waals surface area contributed by atoms with E-state index in [0.29, 0.717) is 18.8 Å². The Morgan fingerprint density at radius 3 is 2.65 bits per heavy atom. The molecule has 1 aromatic rings. The van der Waals surface area contributed by atoms with E-state index in [1.807, 2.05) is 20.8 Å². The Labute approximate surface area is 102 Å². The zero-order valence-electron chi connectivity index (χ0n) is 10.6. The fourth-order valence-corrected chi connectivity index (χ4v) is 1.75. The third-order valence-electron chi connectivity index (χ3n) is 2.58. The molecule has 1 aromatic carbocycles. The number of phenolic OH excluding ortho intramolecular Hbond substituents is 2. The Morgan fingerprint density at radius 1 is 1.29 bits per heavy atom. The van der Waals surface area contributed by atoms with Crippen LogP contribution < -0.4 is 5.32 Å². The van der Waals surface area contributed by atoms with Gasteiger partial charge in [-0.05, 0) is 39.0 Å². The second kappa shape index (κ2) is 6.47. The zero-order chi connectivity index (χ0) is 12.8. The first kappa shape index (κ1) is 13.8. The van der Waals surface area contributed by atoms with Crippen molar-refractivity contribution in [3.05, 3.63) is 23.8 Å². The highest BCUT2D eigenvalue weighted by Gasteiger charge is 2.13. The zero-order valence-corrected chi connectivity index (χ0v) is 10.6. The van der Waals surface area contributed by atoms with Crippen molar-refractivity contribution in [2.24, 2.45) is 0 Å². The predicted molar refractivity (Wildman–Crippen MR) is 67.3 cm³/mol. The molecule has 4 nitrogen and oxygen atoms in total. The summed E-state index contributed by atoms with van der Waals surface area (Å²) in [6.45, 7) is 7.23. The molecule has 3 N–H and O–H groups in total. The second-order valence-electron chi connectivity index (χ2n) is 4.19. The lowest BCUT2D eigenvalue weighted by atomic mass is 10.1. The molecule has 17 heavy (non-hydrogen) atoms. The summed E-state index contributed by atoms with van der Waals surface area (Å²) in [6, 6.07) is 4.68. The van der Waals surface area contributed by atoms with E-state index in [2.05, 4.69) is 5.32 Å². The van der Waals surface area contributed by atoms with E-state index >= 15 is 0 Å². The van der Waals surface area contributed by atoms with E-state index in [-0.39, 0.29) is 23.6 Å². The van der Waals surface area contributed by atoms with Crippen molar-refractivity contribution in [2.75, 3.05) is 13.2 Å². The fraction of sp³-hybridized carbons (Fsp3) is 0.538. The first-order chi connectivity index (χ1) is 8.04. The molecule has 2 unspecified atom stereocenters. The molecule has 4 heteroatoms. The summed E-state index contributed by atoms with van der Waals surface area (Å²) in [5, 5.41) is 22.4. The summed E-state index contributed by atoms with van der Waals surface area (Å²) < 4.78 is 5.31. The van der Waals surface area contributed by atoms with E-state index < -0.39 is 0 Å². The lowest BCUT2D eigenvalue weighted by Crippen LogP contribution is -2.32. The molecule has 0 aliphatic rings. The van der Waals surface area contributed by atoms with Crippen molar-refractivity contribution in [3.8, 4) is 11.5 Å². The van der Waals surface area contributed by atoms with Gasteiger partial charge in [-0.15, -0.1) is 0 Å². The molecule has 0 bridgehead atoms. The highest BCUT2D eigenvalue weighted by molar-refractivity contribution is 5.40. The van der Waals surface area contributed by atoms with E-state index in [4.69, 9.17) is 4.74 Å². The van der Waals surface area contributed by atoms with Crippen molar-refractivity contribution in [1.29, 1.82) is 0 Å². The average molecular weight is 239 g/mol. The number of nitrogens with one attached hydrogen (secondary N) is 1. The lowest BCUT2D eigenvalue weighted by molar-refractivity contribution is 0.124. The number of hydrogen-bond donors (Lipinski definition) is 3. The van der Waals surface area contributed by atoms with Gasteiger partial charge in [0.25, 0.3) is 0 Å². The van der Waals surface area contributed by atoms with Crippen LogP contribution in [0.5, 0.6) is 11.5 Å². The minimum Gasteiger partial charge on any atom is -0.508 e. The molecule has 0 saturated heterocycles. The van der Waals surface area contributed by atoms with Gasteiger partial charge in [0.2, 0.25) is 0 Å². The minimum atomic E-state index is -0.0439. The van der Waals surface area contributed by atoms with Crippen molar-refractivity contribution in [3.63, 3.8) is 0 Å². The largest absolute Gasteiger partial charge is 0.508 e. The van der Waals surface area contributed by atoms with Gasteiger partial charge in [-0.25, -0.2) is 0 Å². The number of rotatable bonds is 6. The van der Waals surface area contributed by atoms with Crippen molar-refractivity contribution in [1.82, 2.24) is 5.32 Å². The molecule has 0 saturated carbocycles. The Kier molecular flexibility index (Phi) is 5.25. The quantitative estimate of drug-likeness (QED) is 0.666. The van der Waals surface area contributed by atoms with Crippen LogP contribution in [0.4, 0.5) is 0 Å². The molecule has 0 fully saturated rings. The Morgan fingerprint density at radius 2 is 2.00 bits per heavy atom. The smallest absolute Gasteiger partial charge is 0.120 e.